The third kappa shape index (κ3) is 3.70. The zero-order valence-electron chi connectivity index (χ0n) is 16.5. The van der Waals surface area contributed by atoms with Crippen LogP contribution < -0.4 is 15.1 Å². The van der Waals surface area contributed by atoms with E-state index in [1.54, 1.807) is 7.11 Å². The van der Waals surface area contributed by atoms with E-state index >= 15 is 0 Å². The van der Waals surface area contributed by atoms with Gasteiger partial charge in [0.15, 0.2) is 0 Å². The largest absolute Gasteiger partial charge is 0.497 e. The molecule has 3 heteroatoms. The standard InChI is InChI=1S/C25H23NO2/c1-4-18-7-14-24-22(15-18)23(26-20-10-5-17(2)6-11-20)16-25(28-24)19-8-12-21(27-3)13-9-19/h5-16H,4H2,1-3H3/p+1. The molecule has 0 unspecified atom stereocenters. The lowest BCUT2D eigenvalue weighted by molar-refractivity contribution is -0.400. The number of hydrogen-bond donors (Lipinski definition) is 1. The first kappa shape index (κ1) is 18.1. The van der Waals surface area contributed by atoms with Gasteiger partial charge in [0.25, 0.3) is 0 Å². The van der Waals surface area contributed by atoms with Gasteiger partial charge in [-0.15, -0.1) is 0 Å². The van der Waals surface area contributed by atoms with Crippen molar-refractivity contribution in [1.82, 2.24) is 0 Å². The maximum atomic E-state index is 6.24. The van der Waals surface area contributed by atoms with Gasteiger partial charge in [-0.2, -0.15) is 0 Å². The monoisotopic (exact) mass is 370 g/mol. The molecule has 0 bridgehead atoms. The van der Waals surface area contributed by atoms with Crippen molar-refractivity contribution >= 4 is 16.7 Å². The van der Waals surface area contributed by atoms with Crippen molar-refractivity contribution in [2.24, 2.45) is 0 Å². The van der Waals surface area contributed by atoms with E-state index < -0.39 is 0 Å². The Morgan fingerprint density at radius 1 is 0.893 bits per heavy atom. The Kier molecular flexibility index (Phi) is 4.98. The van der Waals surface area contributed by atoms with E-state index in [1.165, 1.54) is 11.1 Å². The van der Waals surface area contributed by atoms with Crippen molar-refractivity contribution in [3.63, 3.8) is 0 Å². The third-order valence-corrected chi connectivity index (χ3v) is 4.94. The highest BCUT2D eigenvalue weighted by Crippen LogP contribution is 2.24. The second-order valence-corrected chi connectivity index (χ2v) is 6.93. The summed E-state index contributed by atoms with van der Waals surface area (Å²) in [5, 5.41) is 2.11. The fourth-order valence-corrected chi connectivity index (χ4v) is 3.25. The second kappa shape index (κ2) is 7.73. The summed E-state index contributed by atoms with van der Waals surface area (Å²) < 4.78 is 11.5. The van der Waals surface area contributed by atoms with Crippen LogP contribution in [0.4, 0.5) is 5.69 Å². The third-order valence-electron chi connectivity index (χ3n) is 4.94. The molecule has 0 atom stereocenters. The Labute approximate surface area is 165 Å². The number of methoxy groups -OCH3 is 1. The van der Waals surface area contributed by atoms with E-state index in [9.17, 15) is 0 Å². The minimum atomic E-state index is 0.814. The first-order valence-electron chi connectivity index (χ1n) is 9.54. The van der Waals surface area contributed by atoms with E-state index in [0.717, 1.165) is 45.5 Å². The van der Waals surface area contributed by atoms with Crippen molar-refractivity contribution < 1.29 is 14.1 Å². The molecule has 0 spiro atoms. The Morgan fingerprint density at radius 2 is 1.64 bits per heavy atom. The lowest BCUT2D eigenvalue weighted by Crippen LogP contribution is -2.70. The number of rotatable bonds is 4. The summed E-state index contributed by atoms with van der Waals surface area (Å²) in [5.74, 6) is 1.64. The Bertz CT molecular complexity index is 1170. The average Bonchev–Trinajstić information content (AvgIpc) is 2.75. The molecule has 0 aliphatic rings. The Balaban J connectivity index is 1.94. The number of benzene rings is 3. The quantitative estimate of drug-likeness (QED) is 0.582. The summed E-state index contributed by atoms with van der Waals surface area (Å²) in [6, 6.07) is 24.8. The zero-order chi connectivity index (χ0) is 19.5. The van der Waals surface area contributed by atoms with Gasteiger partial charge in [0.2, 0.25) is 11.0 Å². The lowest BCUT2D eigenvalue weighted by Gasteiger charge is -2.06. The summed E-state index contributed by atoms with van der Waals surface area (Å²) in [6.45, 7) is 4.26. The minimum absolute atomic E-state index is 0.814. The van der Waals surface area contributed by atoms with Gasteiger partial charge < -0.3 is 9.15 Å². The molecule has 28 heavy (non-hydrogen) atoms. The number of aryl methyl sites for hydroxylation is 2. The van der Waals surface area contributed by atoms with E-state index in [-0.39, 0.29) is 0 Å². The van der Waals surface area contributed by atoms with Gasteiger partial charge in [0.1, 0.15) is 17.1 Å². The van der Waals surface area contributed by atoms with E-state index in [2.05, 4.69) is 67.4 Å². The zero-order valence-corrected chi connectivity index (χ0v) is 16.5. The molecule has 4 aromatic rings. The van der Waals surface area contributed by atoms with E-state index in [4.69, 9.17) is 9.15 Å². The first-order valence-corrected chi connectivity index (χ1v) is 9.54. The van der Waals surface area contributed by atoms with Gasteiger partial charge in [0, 0.05) is 17.7 Å². The molecule has 1 heterocycles. The summed E-state index contributed by atoms with van der Waals surface area (Å²) in [7, 11) is 1.67. The number of nitrogens with one attached hydrogen (secondary N) is 1. The molecule has 0 amide bonds. The molecule has 0 saturated carbocycles. The van der Waals surface area contributed by atoms with Gasteiger partial charge in [-0.05, 0) is 55.3 Å². The van der Waals surface area contributed by atoms with Gasteiger partial charge in [-0.25, -0.2) is 4.99 Å². The number of hydrogen-bond acceptors (Lipinski definition) is 2. The molecular weight excluding hydrogens is 346 g/mol. The molecular formula is C25H24NO2+. The molecule has 0 fully saturated rings. The van der Waals surface area contributed by atoms with Crippen molar-refractivity contribution in [2.75, 3.05) is 7.11 Å². The first-order chi connectivity index (χ1) is 13.7. The molecule has 0 aliphatic heterocycles. The smallest absolute Gasteiger partial charge is 0.218 e. The van der Waals surface area contributed by atoms with E-state index in [0.29, 0.717) is 0 Å². The normalized spacial score (nSPS) is 11.8. The predicted octanol–water partition coefficient (Wildman–Crippen LogP) is 4.29. The molecule has 1 N–H and O–H groups in total. The van der Waals surface area contributed by atoms with Gasteiger partial charge in [-0.1, -0.05) is 30.7 Å². The predicted molar refractivity (Wildman–Crippen MR) is 113 cm³/mol. The maximum absolute atomic E-state index is 6.24. The van der Waals surface area contributed by atoms with Crippen LogP contribution in [0.2, 0.25) is 0 Å². The molecule has 0 saturated heterocycles. The molecule has 3 nitrogen and oxygen atoms in total. The number of ether oxygens (including phenoxy) is 1. The van der Waals surface area contributed by atoms with Crippen LogP contribution in [0.1, 0.15) is 18.1 Å². The van der Waals surface area contributed by atoms with Crippen molar-refractivity contribution in [2.45, 2.75) is 20.3 Å². The van der Waals surface area contributed by atoms with Crippen LogP contribution in [0.15, 0.2) is 77.2 Å². The average molecular weight is 370 g/mol. The van der Waals surface area contributed by atoms with Crippen LogP contribution in [0.25, 0.3) is 22.3 Å². The van der Waals surface area contributed by atoms with Crippen LogP contribution in [0.3, 0.4) is 0 Å². The number of fused-ring (bicyclic) bond motifs is 1. The van der Waals surface area contributed by atoms with Crippen LogP contribution in [-0.4, -0.2) is 7.11 Å². The SMILES string of the molecule is CCc1ccc2oc(-c3ccc(OC)cc3)cc(=[NH+]c3ccc(C)cc3)c2c1. The highest BCUT2D eigenvalue weighted by atomic mass is 16.5. The molecule has 140 valence electrons. The van der Waals surface area contributed by atoms with Crippen molar-refractivity contribution in [3.05, 3.63) is 89.3 Å². The van der Waals surface area contributed by atoms with Crippen LogP contribution >= 0.6 is 0 Å². The molecule has 3 aromatic carbocycles. The van der Waals surface area contributed by atoms with Crippen LogP contribution in [0.5, 0.6) is 5.75 Å². The maximum Gasteiger partial charge on any atom is 0.218 e. The minimum Gasteiger partial charge on any atom is -0.497 e. The molecule has 1 aromatic heterocycles. The van der Waals surface area contributed by atoms with Crippen LogP contribution in [0, 0.1) is 6.92 Å². The van der Waals surface area contributed by atoms with Crippen LogP contribution in [-0.2, 0) is 6.42 Å². The van der Waals surface area contributed by atoms with Gasteiger partial charge in [0.05, 0.1) is 18.6 Å². The van der Waals surface area contributed by atoms with Crippen molar-refractivity contribution in [3.8, 4) is 17.1 Å². The molecule has 0 radical (unpaired) electrons. The van der Waals surface area contributed by atoms with Gasteiger partial charge >= 0.3 is 0 Å². The second-order valence-electron chi connectivity index (χ2n) is 6.93. The highest BCUT2D eigenvalue weighted by Gasteiger charge is 2.10. The topological polar surface area (TPSA) is 36.3 Å². The Hall–Kier alpha value is -3.33. The summed E-state index contributed by atoms with van der Waals surface area (Å²) in [6.07, 6.45) is 0.986. The van der Waals surface area contributed by atoms with Gasteiger partial charge in [-0.3, -0.25) is 0 Å². The fraction of sp³-hybridized carbons (Fsp3) is 0.160. The van der Waals surface area contributed by atoms with E-state index in [1.807, 2.05) is 24.3 Å². The van der Waals surface area contributed by atoms with Crippen molar-refractivity contribution in [1.29, 1.82) is 0 Å². The molecule has 4 rings (SSSR count). The summed E-state index contributed by atoms with van der Waals surface area (Å²) in [5.41, 5.74) is 5.45. The molecule has 0 aliphatic carbocycles. The fourth-order valence-electron chi connectivity index (χ4n) is 3.25. The summed E-state index contributed by atoms with van der Waals surface area (Å²) in [4.78, 5) is 3.57. The summed E-state index contributed by atoms with van der Waals surface area (Å²) >= 11 is 0. The highest BCUT2D eigenvalue weighted by molar-refractivity contribution is 5.79. The lowest BCUT2D eigenvalue weighted by atomic mass is 10.1. The Morgan fingerprint density at radius 3 is 2.32 bits per heavy atom.